The normalized spacial score (nSPS) is 11.3. The molecule has 0 saturated carbocycles. The van der Waals surface area contributed by atoms with Gasteiger partial charge in [0.1, 0.15) is 11.3 Å². The lowest BCUT2D eigenvalue weighted by atomic mass is 10.4. The Kier molecular flexibility index (Phi) is 3.77. The summed E-state index contributed by atoms with van der Waals surface area (Å²) in [4.78, 5) is 7.81. The largest absolute Gasteiger partial charge is 0.313 e. The quantitative estimate of drug-likeness (QED) is 0.727. The van der Waals surface area contributed by atoms with E-state index in [1.165, 1.54) is 29.7 Å². The van der Waals surface area contributed by atoms with Crippen LogP contribution in [0.3, 0.4) is 0 Å². The molecule has 0 unspecified atom stereocenters. The predicted octanol–water partition coefficient (Wildman–Crippen LogP) is 2.04. The zero-order valence-electron chi connectivity index (χ0n) is 10.8. The van der Waals surface area contributed by atoms with Crippen LogP contribution in [0.25, 0.3) is 0 Å². The lowest BCUT2D eigenvalue weighted by Gasteiger charge is -2.05. The molecule has 2 heterocycles. The first kappa shape index (κ1) is 14.5. The third-order valence-corrected chi connectivity index (χ3v) is 4.88. The van der Waals surface area contributed by atoms with E-state index in [9.17, 15) is 12.8 Å². The lowest BCUT2D eigenvalue weighted by Crippen LogP contribution is -2.06. The van der Waals surface area contributed by atoms with E-state index in [4.69, 9.17) is 0 Å². The van der Waals surface area contributed by atoms with Gasteiger partial charge in [-0.1, -0.05) is 11.3 Å². The Bertz CT molecular complexity index is 865. The summed E-state index contributed by atoms with van der Waals surface area (Å²) in [6, 6.07) is 4.51. The number of halogens is 1. The first-order chi connectivity index (χ1) is 10.6. The van der Waals surface area contributed by atoms with E-state index in [0.29, 0.717) is 10.9 Å². The summed E-state index contributed by atoms with van der Waals surface area (Å²) >= 11 is 1.27. The summed E-state index contributed by atoms with van der Waals surface area (Å²) in [5.74, 6) is -0.170. The molecule has 0 saturated heterocycles. The van der Waals surface area contributed by atoms with Gasteiger partial charge in [-0.2, -0.15) is 0 Å². The van der Waals surface area contributed by atoms with E-state index >= 15 is 0 Å². The summed E-state index contributed by atoms with van der Waals surface area (Å²) in [6.45, 7) is 0. The second-order valence-electron chi connectivity index (χ2n) is 4.07. The van der Waals surface area contributed by atoms with Crippen molar-refractivity contribution in [2.75, 3.05) is 5.32 Å². The number of anilines is 2. The maximum absolute atomic E-state index is 12.9. The highest BCUT2D eigenvalue weighted by molar-refractivity contribution is 7.91. The fourth-order valence-corrected chi connectivity index (χ4v) is 3.16. The maximum atomic E-state index is 12.9. The minimum absolute atomic E-state index is 0.0481. The smallest absolute Gasteiger partial charge is 0.225 e. The van der Waals surface area contributed by atoms with E-state index in [0.717, 1.165) is 18.3 Å². The van der Waals surface area contributed by atoms with Gasteiger partial charge in [-0.3, -0.25) is 0 Å². The molecular weight excluding hydrogens is 329 g/mol. The third kappa shape index (κ3) is 2.92. The highest BCUT2D eigenvalue weighted by atomic mass is 32.2. The van der Waals surface area contributed by atoms with Gasteiger partial charge in [0.05, 0.1) is 17.3 Å². The van der Waals surface area contributed by atoms with Crippen LogP contribution in [0.2, 0.25) is 0 Å². The standard InChI is InChI=1S/C12H8FN5O2S2/c13-8-1-3-9(4-2-8)22(19,20)11-6-14-10(5-15-11)17-12-18-16-7-21-12/h1-7H,(H,14,17,18). The molecule has 3 rings (SSSR count). The Morgan fingerprint density at radius 2 is 1.86 bits per heavy atom. The van der Waals surface area contributed by atoms with Gasteiger partial charge >= 0.3 is 0 Å². The average molecular weight is 337 g/mol. The fraction of sp³-hybridized carbons (Fsp3) is 0. The number of benzene rings is 1. The number of hydrogen-bond acceptors (Lipinski definition) is 8. The second kappa shape index (κ2) is 5.73. The number of nitrogens with one attached hydrogen (secondary N) is 1. The molecule has 0 aliphatic heterocycles. The summed E-state index contributed by atoms with van der Waals surface area (Å²) in [6.07, 6.45) is 2.40. The van der Waals surface area contributed by atoms with Crippen molar-refractivity contribution in [3.8, 4) is 0 Å². The van der Waals surface area contributed by atoms with Crippen LogP contribution in [0.4, 0.5) is 15.3 Å². The van der Waals surface area contributed by atoms with Crippen molar-refractivity contribution in [3.05, 3.63) is 48.0 Å². The maximum Gasteiger partial charge on any atom is 0.225 e. The third-order valence-electron chi connectivity index (χ3n) is 2.62. The first-order valence-electron chi connectivity index (χ1n) is 5.91. The molecule has 0 aliphatic carbocycles. The van der Waals surface area contributed by atoms with E-state index in [1.54, 1.807) is 5.51 Å². The first-order valence-corrected chi connectivity index (χ1v) is 8.28. The minimum atomic E-state index is -3.83. The van der Waals surface area contributed by atoms with Crippen LogP contribution in [0, 0.1) is 5.82 Å². The highest BCUT2D eigenvalue weighted by Crippen LogP contribution is 2.20. The van der Waals surface area contributed by atoms with E-state index < -0.39 is 15.7 Å². The van der Waals surface area contributed by atoms with Crippen LogP contribution >= 0.6 is 11.3 Å². The van der Waals surface area contributed by atoms with Crippen LogP contribution < -0.4 is 5.32 Å². The van der Waals surface area contributed by atoms with Crippen molar-refractivity contribution in [2.45, 2.75) is 9.92 Å². The Labute approximate surface area is 128 Å². The molecule has 0 spiro atoms. The average Bonchev–Trinajstić information content (AvgIpc) is 3.01. The van der Waals surface area contributed by atoms with Crippen LogP contribution in [-0.4, -0.2) is 28.6 Å². The van der Waals surface area contributed by atoms with E-state index in [1.807, 2.05) is 0 Å². The molecule has 112 valence electrons. The molecule has 0 bridgehead atoms. The topological polar surface area (TPSA) is 97.7 Å². The van der Waals surface area contributed by atoms with Crippen molar-refractivity contribution in [3.63, 3.8) is 0 Å². The molecule has 22 heavy (non-hydrogen) atoms. The summed E-state index contributed by atoms with van der Waals surface area (Å²) in [5.41, 5.74) is 1.54. The predicted molar refractivity (Wildman–Crippen MR) is 77.1 cm³/mol. The molecule has 10 heteroatoms. The van der Waals surface area contributed by atoms with Gasteiger partial charge in [-0.15, -0.1) is 10.2 Å². The van der Waals surface area contributed by atoms with Crippen molar-refractivity contribution in [1.82, 2.24) is 20.2 Å². The Morgan fingerprint density at radius 3 is 2.45 bits per heavy atom. The summed E-state index contributed by atoms with van der Waals surface area (Å²) in [5, 5.41) is 10.6. The van der Waals surface area contributed by atoms with Crippen LogP contribution in [0.1, 0.15) is 0 Å². The Hall–Kier alpha value is -2.46. The number of aromatic nitrogens is 4. The molecule has 0 fully saturated rings. The SMILES string of the molecule is O=S(=O)(c1ccc(F)cc1)c1cnc(Nc2nncs2)cn1. The zero-order chi connectivity index (χ0) is 15.6. The molecule has 2 aromatic heterocycles. The van der Waals surface area contributed by atoms with Gasteiger partial charge < -0.3 is 5.32 Å². The molecular formula is C12H8FN5O2S2. The molecule has 1 aromatic carbocycles. The molecule has 0 aliphatic rings. The number of hydrogen-bond donors (Lipinski definition) is 1. The number of nitrogens with zero attached hydrogens (tertiary/aromatic N) is 4. The Balaban J connectivity index is 1.87. The monoisotopic (exact) mass is 337 g/mol. The van der Waals surface area contributed by atoms with E-state index in [-0.39, 0.29) is 9.92 Å². The summed E-state index contributed by atoms with van der Waals surface area (Å²) in [7, 11) is -3.83. The van der Waals surface area contributed by atoms with Crippen LogP contribution in [0.5, 0.6) is 0 Å². The highest BCUT2D eigenvalue weighted by Gasteiger charge is 2.19. The molecule has 0 radical (unpaired) electrons. The van der Waals surface area contributed by atoms with Crippen LogP contribution in [-0.2, 0) is 9.84 Å². The van der Waals surface area contributed by atoms with Gasteiger partial charge in [0, 0.05) is 0 Å². The minimum Gasteiger partial charge on any atom is -0.313 e. The Morgan fingerprint density at radius 1 is 1.09 bits per heavy atom. The van der Waals surface area contributed by atoms with Crippen molar-refractivity contribution >= 4 is 32.1 Å². The molecule has 3 aromatic rings. The molecule has 0 atom stereocenters. The second-order valence-corrected chi connectivity index (χ2v) is 6.80. The van der Waals surface area contributed by atoms with Gasteiger partial charge in [-0.25, -0.2) is 22.8 Å². The number of sulfone groups is 1. The van der Waals surface area contributed by atoms with E-state index in [2.05, 4.69) is 25.5 Å². The summed E-state index contributed by atoms with van der Waals surface area (Å²) < 4.78 is 37.5. The van der Waals surface area contributed by atoms with Crippen molar-refractivity contribution < 1.29 is 12.8 Å². The lowest BCUT2D eigenvalue weighted by molar-refractivity contribution is 0.590. The van der Waals surface area contributed by atoms with Crippen LogP contribution in [0.15, 0.2) is 52.1 Å². The van der Waals surface area contributed by atoms with Crippen molar-refractivity contribution in [2.24, 2.45) is 0 Å². The van der Waals surface area contributed by atoms with Gasteiger partial charge in [0.15, 0.2) is 10.8 Å². The molecule has 7 nitrogen and oxygen atoms in total. The fourth-order valence-electron chi connectivity index (χ4n) is 1.59. The van der Waals surface area contributed by atoms with Gasteiger partial charge in [-0.05, 0) is 24.3 Å². The van der Waals surface area contributed by atoms with Gasteiger partial charge in [0.2, 0.25) is 15.0 Å². The molecule has 1 N–H and O–H groups in total. The zero-order valence-corrected chi connectivity index (χ0v) is 12.5. The van der Waals surface area contributed by atoms with Gasteiger partial charge in [0.25, 0.3) is 0 Å². The number of rotatable bonds is 4. The molecule has 0 amide bonds. The van der Waals surface area contributed by atoms with Crippen molar-refractivity contribution in [1.29, 1.82) is 0 Å².